The Bertz CT molecular complexity index is 858. The summed E-state index contributed by atoms with van der Waals surface area (Å²) in [6.07, 6.45) is 2.49. The summed E-state index contributed by atoms with van der Waals surface area (Å²) in [6.45, 7) is 7.45. The minimum absolute atomic E-state index is 0.893. The fourth-order valence-corrected chi connectivity index (χ4v) is 4.20. The first-order chi connectivity index (χ1) is 14.3. The van der Waals surface area contributed by atoms with Crippen LogP contribution in [0.25, 0.3) is 0 Å². The number of ether oxygens (including phenoxy) is 1. The number of benzene rings is 3. The van der Waals surface area contributed by atoms with Gasteiger partial charge in [-0.25, -0.2) is 0 Å². The normalized spacial score (nSPS) is 19.0. The number of hydrogen-bond acceptors (Lipinski definition) is 1. The van der Waals surface area contributed by atoms with Crippen molar-refractivity contribution >= 4 is 0 Å². The molecular formula is C26H32N2O+2. The molecule has 0 aromatic heterocycles. The summed E-state index contributed by atoms with van der Waals surface area (Å²) in [5.74, 6) is 1.82. The fourth-order valence-electron chi connectivity index (χ4n) is 4.20. The highest BCUT2D eigenvalue weighted by molar-refractivity contribution is 5.33. The van der Waals surface area contributed by atoms with Gasteiger partial charge in [0, 0.05) is 12.0 Å². The molecule has 1 heterocycles. The zero-order chi connectivity index (χ0) is 19.7. The average molecular weight is 389 g/mol. The Kier molecular flexibility index (Phi) is 6.95. The van der Waals surface area contributed by atoms with E-state index in [4.69, 9.17) is 4.74 Å². The standard InChI is InChI=1S/C26H30N2O/c1-3-9-23(10-4-1)12-8-16-27-17-19-28(20-18-27)22-24-11-7-15-26(21-24)29-25-13-5-2-6-14-25/h1-7,9-11,13-15,21H,8,12,16-20,22H2/p+2. The smallest absolute Gasteiger partial charge is 0.127 e. The van der Waals surface area contributed by atoms with E-state index in [1.807, 2.05) is 36.4 Å². The van der Waals surface area contributed by atoms with Gasteiger partial charge in [-0.2, -0.15) is 0 Å². The van der Waals surface area contributed by atoms with Crippen molar-refractivity contribution in [2.75, 3.05) is 32.7 Å². The third kappa shape index (κ3) is 6.18. The third-order valence-electron chi connectivity index (χ3n) is 5.83. The van der Waals surface area contributed by atoms with Gasteiger partial charge in [-0.1, -0.05) is 60.7 Å². The van der Waals surface area contributed by atoms with Crippen LogP contribution < -0.4 is 14.5 Å². The van der Waals surface area contributed by atoms with Gasteiger partial charge < -0.3 is 14.5 Å². The molecule has 0 saturated carbocycles. The summed E-state index contributed by atoms with van der Waals surface area (Å²) in [4.78, 5) is 3.46. The van der Waals surface area contributed by atoms with Gasteiger partial charge in [0.05, 0.1) is 6.54 Å². The van der Waals surface area contributed by atoms with Crippen LogP contribution in [0.2, 0.25) is 0 Å². The van der Waals surface area contributed by atoms with Crippen LogP contribution in [0.4, 0.5) is 0 Å². The predicted octanol–water partition coefficient (Wildman–Crippen LogP) is 2.40. The van der Waals surface area contributed by atoms with Crippen LogP contribution in [-0.4, -0.2) is 32.7 Å². The van der Waals surface area contributed by atoms with Crippen molar-refractivity contribution < 1.29 is 14.5 Å². The van der Waals surface area contributed by atoms with Crippen LogP contribution in [0, 0.1) is 0 Å². The van der Waals surface area contributed by atoms with E-state index in [-0.39, 0.29) is 0 Å². The minimum Gasteiger partial charge on any atom is -0.457 e. The first kappa shape index (κ1) is 19.7. The molecule has 1 aliphatic heterocycles. The van der Waals surface area contributed by atoms with Crippen LogP contribution in [-0.2, 0) is 13.0 Å². The molecule has 0 spiro atoms. The zero-order valence-electron chi connectivity index (χ0n) is 17.1. The predicted molar refractivity (Wildman–Crippen MR) is 118 cm³/mol. The lowest BCUT2D eigenvalue weighted by molar-refractivity contribution is -1.02. The van der Waals surface area contributed by atoms with Crippen molar-refractivity contribution in [3.8, 4) is 11.5 Å². The van der Waals surface area contributed by atoms with E-state index in [0.717, 1.165) is 18.0 Å². The fraction of sp³-hybridized carbons (Fsp3) is 0.308. The maximum absolute atomic E-state index is 5.99. The van der Waals surface area contributed by atoms with Crippen molar-refractivity contribution in [2.24, 2.45) is 0 Å². The van der Waals surface area contributed by atoms with Gasteiger partial charge in [-0.05, 0) is 36.2 Å². The monoisotopic (exact) mass is 388 g/mol. The van der Waals surface area contributed by atoms with Crippen LogP contribution >= 0.6 is 0 Å². The Morgan fingerprint density at radius 3 is 2.00 bits per heavy atom. The molecule has 29 heavy (non-hydrogen) atoms. The minimum atomic E-state index is 0.893. The molecule has 150 valence electrons. The van der Waals surface area contributed by atoms with Gasteiger partial charge in [0.2, 0.25) is 0 Å². The van der Waals surface area contributed by atoms with E-state index in [1.54, 1.807) is 9.80 Å². The Morgan fingerprint density at radius 2 is 1.24 bits per heavy atom. The van der Waals surface area contributed by atoms with Gasteiger partial charge in [0.25, 0.3) is 0 Å². The number of para-hydroxylation sites is 1. The lowest BCUT2D eigenvalue weighted by Gasteiger charge is -2.29. The summed E-state index contributed by atoms with van der Waals surface area (Å²) in [5, 5.41) is 0. The molecule has 0 radical (unpaired) electrons. The maximum atomic E-state index is 5.99. The molecule has 0 aliphatic carbocycles. The largest absolute Gasteiger partial charge is 0.457 e. The highest BCUT2D eigenvalue weighted by Crippen LogP contribution is 2.21. The number of piperazine rings is 1. The molecular weight excluding hydrogens is 356 g/mol. The second-order valence-corrected chi connectivity index (χ2v) is 8.08. The summed E-state index contributed by atoms with van der Waals surface area (Å²) in [7, 11) is 0. The Balaban J connectivity index is 1.21. The maximum Gasteiger partial charge on any atom is 0.127 e. The summed E-state index contributed by atoms with van der Waals surface area (Å²) in [5.41, 5.74) is 2.83. The molecule has 1 fully saturated rings. The Labute approximate surface area is 174 Å². The van der Waals surface area contributed by atoms with E-state index in [1.165, 1.54) is 56.7 Å². The molecule has 3 heteroatoms. The molecule has 2 N–H and O–H groups in total. The van der Waals surface area contributed by atoms with E-state index < -0.39 is 0 Å². The van der Waals surface area contributed by atoms with Crippen LogP contribution in [0.15, 0.2) is 84.9 Å². The second kappa shape index (κ2) is 10.2. The average Bonchev–Trinajstić information content (AvgIpc) is 2.77. The van der Waals surface area contributed by atoms with Crippen molar-refractivity contribution in [3.63, 3.8) is 0 Å². The number of nitrogens with one attached hydrogen (secondary N) is 2. The van der Waals surface area contributed by atoms with E-state index in [2.05, 4.69) is 48.5 Å². The number of quaternary nitrogens is 2. The quantitative estimate of drug-likeness (QED) is 0.606. The van der Waals surface area contributed by atoms with Gasteiger partial charge >= 0.3 is 0 Å². The van der Waals surface area contributed by atoms with E-state index in [9.17, 15) is 0 Å². The van der Waals surface area contributed by atoms with E-state index >= 15 is 0 Å². The molecule has 0 unspecified atom stereocenters. The highest BCUT2D eigenvalue weighted by Gasteiger charge is 2.22. The molecule has 3 aromatic carbocycles. The van der Waals surface area contributed by atoms with Gasteiger partial charge in [0.15, 0.2) is 0 Å². The number of rotatable bonds is 8. The van der Waals surface area contributed by atoms with Crippen molar-refractivity contribution in [3.05, 3.63) is 96.1 Å². The molecule has 1 saturated heterocycles. The lowest BCUT2D eigenvalue weighted by Crippen LogP contribution is -3.27. The Morgan fingerprint density at radius 1 is 0.621 bits per heavy atom. The van der Waals surface area contributed by atoms with Crippen LogP contribution in [0.1, 0.15) is 17.5 Å². The topological polar surface area (TPSA) is 18.1 Å². The highest BCUT2D eigenvalue weighted by atomic mass is 16.5. The van der Waals surface area contributed by atoms with Crippen LogP contribution in [0.3, 0.4) is 0 Å². The van der Waals surface area contributed by atoms with Gasteiger partial charge in [-0.3, -0.25) is 0 Å². The van der Waals surface area contributed by atoms with Crippen molar-refractivity contribution in [1.82, 2.24) is 0 Å². The van der Waals surface area contributed by atoms with Crippen LogP contribution in [0.5, 0.6) is 11.5 Å². The summed E-state index contributed by atoms with van der Waals surface area (Å²) < 4.78 is 5.99. The van der Waals surface area contributed by atoms with Gasteiger partial charge in [-0.15, -0.1) is 0 Å². The third-order valence-corrected chi connectivity index (χ3v) is 5.83. The molecule has 3 nitrogen and oxygen atoms in total. The first-order valence-corrected chi connectivity index (χ1v) is 10.9. The molecule has 0 bridgehead atoms. The number of hydrogen-bond donors (Lipinski definition) is 2. The molecule has 0 atom stereocenters. The number of aryl methyl sites for hydroxylation is 1. The Hall–Kier alpha value is -2.62. The SMILES string of the molecule is c1ccc(CCC[NH+]2CC[NH+](Cc3cccc(Oc4ccccc4)c3)CC2)cc1. The summed E-state index contributed by atoms with van der Waals surface area (Å²) in [6, 6.07) is 29.5. The van der Waals surface area contributed by atoms with Crippen molar-refractivity contribution in [2.45, 2.75) is 19.4 Å². The second-order valence-electron chi connectivity index (χ2n) is 8.08. The van der Waals surface area contributed by atoms with Gasteiger partial charge in [0.1, 0.15) is 44.2 Å². The van der Waals surface area contributed by atoms with E-state index in [0.29, 0.717) is 0 Å². The molecule has 4 rings (SSSR count). The lowest BCUT2D eigenvalue weighted by atomic mass is 10.1. The zero-order valence-corrected chi connectivity index (χ0v) is 17.1. The molecule has 0 amide bonds. The molecule has 1 aliphatic rings. The van der Waals surface area contributed by atoms with Crippen molar-refractivity contribution in [1.29, 1.82) is 0 Å². The molecule has 3 aromatic rings. The first-order valence-electron chi connectivity index (χ1n) is 10.9. The summed E-state index contributed by atoms with van der Waals surface area (Å²) >= 11 is 0.